The number of rotatable bonds is 3. The topological polar surface area (TPSA) is 66.6 Å². The molecule has 1 saturated heterocycles. The minimum atomic E-state index is -1.18. The van der Waals surface area contributed by atoms with Crippen molar-refractivity contribution in [3.05, 3.63) is 33.9 Å². The van der Waals surface area contributed by atoms with Crippen molar-refractivity contribution in [2.24, 2.45) is 5.92 Å². The lowest BCUT2D eigenvalue weighted by Gasteiger charge is -2.18. The van der Waals surface area contributed by atoms with Gasteiger partial charge in [0.05, 0.1) is 4.92 Å². The lowest BCUT2D eigenvalue weighted by Crippen LogP contribution is -2.22. The Labute approximate surface area is 102 Å². The first-order valence-electron chi connectivity index (χ1n) is 5.52. The van der Waals surface area contributed by atoms with Gasteiger partial charge in [0.25, 0.3) is 0 Å². The first-order chi connectivity index (χ1) is 8.52. The smallest absolute Gasteiger partial charge is 0.328 e. The van der Waals surface area contributed by atoms with Crippen LogP contribution in [0.2, 0.25) is 0 Å². The number of nitrogens with zero attached hydrogens (tertiary/aromatic N) is 2. The normalized spacial score (nSPS) is 19.3. The average molecular weight is 258 g/mol. The summed E-state index contributed by atoms with van der Waals surface area (Å²) in [4.78, 5) is 11.5. The second-order valence-corrected chi connectivity index (χ2v) is 4.30. The largest absolute Gasteiger partial charge is 0.396 e. The SMILES string of the molecule is O=[N+]([O-])c1c(F)cc(F)cc1N1CCC(CO)C1. The molecule has 7 heteroatoms. The Morgan fingerprint density at radius 3 is 2.78 bits per heavy atom. The molecular weight excluding hydrogens is 246 g/mol. The van der Waals surface area contributed by atoms with Gasteiger partial charge in [0.2, 0.25) is 5.82 Å². The van der Waals surface area contributed by atoms with Crippen LogP contribution in [-0.4, -0.2) is 29.7 Å². The van der Waals surface area contributed by atoms with E-state index in [-0.39, 0.29) is 18.2 Å². The molecule has 98 valence electrons. The van der Waals surface area contributed by atoms with Crippen LogP contribution < -0.4 is 4.90 Å². The van der Waals surface area contributed by atoms with Crippen molar-refractivity contribution in [2.75, 3.05) is 24.6 Å². The molecule has 0 spiro atoms. The highest BCUT2D eigenvalue weighted by Gasteiger charge is 2.30. The second-order valence-electron chi connectivity index (χ2n) is 4.30. The molecule has 1 unspecified atom stereocenters. The lowest BCUT2D eigenvalue weighted by molar-refractivity contribution is -0.386. The van der Waals surface area contributed by atoms with Crippen LogP contribution in [0.15, 0.2) is 12.1 Å². The van der Waals surface area contributed by atoms with Gasteiger partial charge in [-0.1, -0.05) is 0 Å². The molecule has 0 saturated carbocycles. The summed E-state index contributed by atoms with van der Waals surface area (Å²) < 4.78 is 26.6. The van der Waals surface area contributed by atoms with Gasteiger partial charge < -0.3 is 10.0 Å². The van der Waals surface area contributed by atoms with E-state index in [2.05, 4.69) is 0 Å². The lowest BCUT2D eigenvalue weighted by atomic mass is 10.1. The Bertz CT molecular complexity index is 482. The quantitative estimate of drug-likeness (QED) is 0.661. The van der Waals surface area contributed by atoms with Gasteiger partial charge in [-0.3, -0.25) is 10.1 Å². The molecule has 1 atom stereocenters. The number of nitro benzene ring substituents is 1. The Hall–Kier alpha value is -1.76. The third kappa shape index (κ3) is 2.26. The zero-order valence-electron chi connectivity index (χ0n) is 9.47. The van der Waals surface area contributed by atoms with Crippen LogP contribution in [0.1, 0.15) is 6.42 Å². The van der Waals surface area contributed by atoms with Gasteiger partial charge in [0.15, 0.2) is 0 Å². The Kier molecular flexibility index (Phi) is 3.42. The molecule has 0 bridgehead atoms. The summed E-state index contributed by atoms with van der Waals surface area (Å²) in [6.45, 7) is 0.761. The minimum Gasteiger partial charge on any atom is -0.396 e. The van der Waals surface area contributed by atoms with Gasteiger partial charge in [0.1, 0.15) is 11.5 Å². The average Bonchev–Trinajstić information content (AvgIpc) is 2.75. The van der Waals surface area contributed by atoms with E-state index in [4.69, 9.17) is 5.11 Å². The molecule has 0 aromatic heterocycles. The fraction of sp³-hybridized carbons (Fsp3) is 0.455. The van der Waals surface area contributed by atoms with Crippen LogP contribution >= 0.6 is 0 Å². The predicted molar refractivity (Wildman–Crippen MR) is 60.4 cm³/mol. The molecule has 1 N–H and O–H groups in total. The third-order valence-electron chi connectivity index (χ3n) is 3.08. The van der Waals surface area contributed by atoms with Gasteiger partial charge in [-0.2, -0.15) is 4.39 Å². The first-order valence-corrected chi connectivity index (χ1v) is 5.52. The van der Waals surface area contributed by atoms with Crippen LogP contribution in [0.3, 0.4) is 0 Å². The Morgan fingerprint density at radius 2 is 2.22 bits per heavy atom. The van der Waals surface area contributed by atoms with Crippen molar-refractivity contribution in [2.45, 2.75) is 6.42 Å². The van der Waals surface area contributed by atoms with Crippen molar-refractivity contribution in [1.82, 2.24) is 0 Å². The van der Waals surface area contributed by atoms with Gasteiger partial charge in [-0.15, -0.1) is 0 Å². The Morgan fingerprint density at radius 1 is 1.50 bits per heavy atom. The zero-order chi connectivity index (χ0) is 13.3. The van der Waals surface area contributed by atoms with Gasteiger partial charge in [-0.25, -0.2) is 4.39 Å². The van der Waals surface area contributed by atoms with E-state index in [1.807, 2.05) is 0 Å². The van der Waals surface area contributed by atoms with E-state index < -0.39 is 22.2 Å². The molecule has 0 aliphatic carbocycles. The highest BCUT2D eigenvalue weighted by atomic mass is 19.1. The van der Waals surface area contributed by atoms with E-state index in [0.717, 1.165) is 6.07 Å². The van der Waals surface area contributed by atoms with Crippen molar-refractivity contribution in [3.8, 4) is 0 Å². The van der Waals surface area contributed by atoms with E-state index in [1.165, 1.54) is 4.90 Å². The van der Waals surface area contributed by atoms with Gasteiger partial charge >= 0.3 is 5.69 Å². The second kappa shape index (κ2) is 4.85. The fourth-order valence-corrected chi connectivity index (χ4v) is 2.17. The van der Waals surface area contributed by atoms with Crippen molar-refractivity contribution < 1.29 is 18.8 Å². The summed E-state index contributed by atoms with van der Waals surface area (Å²) in [7, 11) is 0. The van der Waals surface area contributed by atoms with E-state index in [9.17, 15) is 18.9 Å². The third-order valence-corrected chi connectivity index (χ3v) is 3.08. The monoisotopic (exact) mass is 258 g/mol. The maximum Gasteiger partial charge on any atom is 0.328 e. The number of nitro groups is 1. The van der Waals surface area contributed by atoms with Crippen molar-refractivity contribution in [1.29, 1.82) is 0 Å². The van der Waals surface area contributed by atoms with Crippen LogP contribution in [0.25, 0.3) is 0 Å². The predicted octanol–water partition coefficient (Wildman–Crippen LogP) is 1.69. The number of hydrogen-bond acceptors (Lipinski definition) is 4. The molecular formula is C11H12F2N2O3. The zero-order valence-corrected chi connectivity index (χ0v) is 9.47. The molecule has 5 nitrogen and oxygen atoms in total. The standard InChI is InChI=1S/C11H12F2N2O3/c12-8-3-9(13)11(15(17)18)10(4-8)14-2-1-7(5-14)6-16/h3-4,7,16H,1-2,5-6H2. The molecule has 1 fully saturated rings. The molecule has 2 rings (SSSR count). The summed E-state index contributed by atoms with van der Waals surface area (Å²) in [5.74, 6) is -2.04. The summed E-state index contributed by atoms with van der Waals surface area (Å²) >= 11 is 0. The molecule has 1 aliphatic rings. The van der Waals surface area contributed by atoms with Crippen molar-refractivity contribution in [3.63, 3.8) is 0 Å². The van der Waals surface area contributed by atoms with E-state index in [1.54, 1.807) is 0 Å². The number of anilines is 1. The van der Waals surface area contributed by atoms with Crippen molar-refractivity contribution >= 4 is 11.4 Å². The number of aliphatic hydroxyl groups is 1. The number of aliphatic hydroxyl groups excluding tert-OH is 1. The summed E-state index contributed by atoms with van der Waals surface area (Å²) in [5, 5.41) is 19.8. The molecule has 1 aliphatic heterocycles. The van der Waals surface area contributed by atoms with Gasteiger partial charge in [0, 0.05) is 37.7 Å². The van der Waals surface area contributed by atoms with E-state index in [0.29, 0.717) is 25.6 Å². The summed E-state index contributed by atoms with van der Waals surface area (Å²) in [5.41, 5.74) is -0.775. The van der Waals surface area contributed by atoms with Crippen LogP contribution in [-0.2, 0) is 0 Å². The van der Waals surface area contributed by atoms with Crippen LogP contribution in [0.4, 0.5) is 20.2 Å². The maximum atomic E-state index is 13.4. The van der Waals surface area contributed by atoms with Gasteiger partial charge in [-0.05, 0) is 6.42 Å². The summed E-state index contributed by atoms with van der Waals surface area (Å²) in [6.07, 6.45) is 0.645. The number of hydrogen-bond donors (Lipinski definition) is 1. The minimum absolute atomic E-state index is 0.0177. The molecule has 0 amide bonds. The molecule has 1 aromatic rings. The molecule has 0 radical (unpaired) electrons. The highest BCUT2D eigenvalue weighted by Crippen LogP contribution is 2.34. The highest BCUT2D eigenvalue weighted by molar-refractivity contribution is 5.64. The molecule has 1 aromatic carbocycles. The number of halogens is 2. The Balaban J connectivity index is 2.40. The van der Waals surface area contributed by atoms with Crippen LogP contribution in [0, 0.1) is 27.7 Å². The maximum absolute atomic E-state index is 13.4. The summed E-state index contributed by atoms with van der Waals surface area (Å²) in [6, 6.07) is 1.46. The van der Waals surface area contributed by atoms with E-state index >= 15 is 0 Å². The molecule has 18 heavy (non-hydrogen) atoms. The fourth-order valence-electron chi connectivity index (χ4n) is 2.17. The molecule has 1 heterocycles. The first kappa shape index (κ1) is 12.7. The van der Waals surface area contributed by atoms with Crippen LogP contribution in [0.5, 0.6) is 0 Å². The number of benzene rings is 1.